The van der Waals surface area contributed by atoms with Crippen molar-refractivity contribution in [3.05, 3.63) is 34.8 Å². The second-order valence-electron chi connectivity index (χ2n) is 6.20. The Morgan fingerprint density at radius 3 is 2.46 bits per heavy atom. The Balaban J connectivity index is 2.08. The number of nitrogens with one attached hydrogen (secondary N) is 1. The third-order valence-corrected chi connectivity index (χ3v) is 6.90. The summed E-state index contributed by atoms with van der Waals surface area (Å²) < 4.78 is 26.2. The minimum absolute atomic E-state index is 0.151. The van der Waals surface area contributed by atoms with Gasteiger partial charge in [-0.05, 0) is 44.5 Å². The maximum atomic E-state index is 12.4. The lowest BCUT2D eigenvalue weighted by Crippen LogP contribution is -2.33. The molecule has 1 heterocycles. The van der Waals surface area contributed by atoms with E-state index < -0.39 is 10.0 Å². The molecule has 1 N–H and O–H groups in total. The van der Waals surface area contributed by atoms with Gasteiger partial charge in [0.1, 0.15) is 5.01 Å². The van der Waals surface area contributed by atoms with Crippen LogP contribution < -0.4 is 5.32 Å². The fourth-order valence-electron chi connectivity index (χ4n) is 2.12. The first-order chi connectivity index (χ1) is 12.3. The van der Waals surface area contributed by atoms with Crippen LogP contribution in [0.4, 0.5) is 5.13 Å². The molecule has 0 unspecified atom stereocenters. The molecule has 0 aliphatic heterocycles. The fraction of sp³-hybridized carbons (Fsp3) is 0.471. The van der Waals surface area contributed by atoms with Crippen LogP contribution in [0, 0.1) is 0 Å². The Kier molecular flexibility index (Phi) is 6.85. The van der Waals surface area contributed by atoms with Gasteiger partial charge in [-0.3, -0.25) is 10.1 Å². The summed E-state index contributed by atoms with van der Waals surface area (Å²) in [6.45, 7) is 5.71. The highest BCUT2D eigenvalue weighted by Gasteiger charge is 2.23. The molecule has 0 atom stereocenters. The van der Waals surface area contributed by atoms with Gasteiger partial charge in [-0.15, -0.1) is 10.2 Å². The van der Waals surface area contributed by atoms with E-state index in [9.17, 15) is 13.2 Å². The average molecular weight is 397 g/mol. The topological polar surface area (TPSA) is 92.3 Å². The molecule has 0 fully saturated rings. The number of amides is 1. The number of hydrogen-bond donors (Lipinski definition) is 1. The number of anilines is 1. The quantitative estimate of drug-likeness (QED) is 0.740. The number of benzene rings is 1. The van der Waals surface area contributed by atoms with Crippen molar-refractivity contribution in [2.45, 2.75) is 51.0 Å². The zero-order valence-corrected chi connectivity index (χ0v) is 17.0. The van der Waals surface area contributed by atoms with Crippen molar-refractivity contribution in [1.29, 1.82) is 0 Å². The number of carbonyl (C=O) groups is 1. The van der Waals surface area contributed by atoms with Gasteiger partial charge >= 0.3 is 0 Å². The number of hydrogen-bond acceptors (Lipinski definition) is 6. The third-order valence-electron chi connectivity index (χ3n) is 3.95. The Morgan fingerprint density at radius 1 is 1.23 bits per heavy atom. The fourth-order valence-corrected chi connectivity index (χ4v) is 4.27. The SMILES string of the molecule is CCCCc1nnc(NC(=O)c2ccc(S(=O)(=O)N(C)C(C)C)cc2)s1. The molecule has 1 amide bonds. The predicted octanol–water partition coefficient (Wildman–Crippen LogP) is 3.16. The van der Waals surface area contributed by atoms with E-state index in [2.05, 4.69) is 22.4 Å². The van der Waals surface area contributed by atoms with Gasteiger partial charge in [0.25, 0.3) is 5.91 Å². The number of unbranched alkanes of at least 4 members (excludes halogenated alkanes) is 1. The summed E-state index contributed by atoms with van der Waals surface area (Å²) in [6, 6.07) is 5.72. The lowest BCUT2D eigenvalue weighted by atomic mass is 10.2. The highest BCUT2D eigenvalue weighted by Crippen LogP contribution is 2.20. The van der Waals surface area contributed by atoms with Gasteiger partial charge in [0.2, 0.25) is 15.2 Å². The standard InChI is InChI=1S/C17H24N4O3S2/c1-5-6-7-15-19-20-17(25-15)18-16(22)13-8-10-14(11-9-13)26(23,24)21(4)12(2)3/h8-12H,5-7H2,1-4H3,(H,18,20,22). The summed E-state index contributed by atoms with van der Waals surface area (Å²) >= 11 is 1.35. The average Bonchev–Trinajstić information content (AvgIpc) is 3.06. The molecule has 0 radical (unpaired) electrons. The molecule has 7 nitrogen and oxygen atoms in total. The van der Waals surface area contributed by atoms with Crippen LogP contribution in [0.2, 0.25) is 0 Å². The van der Waals surface area contributed by atoms with E-state index in [1.54, 1.807) is 13.8 Å². The zero-order chi connectivity index (χ0) is 19.3. The Hall–Kier alpha value is -1.84. The maximum absolute atomic E-state index is 12.4. The van der Waals surface area contributed by atoms with E-state index in [4.69, 9.17) is 0 Å². The molecular weight excluding hydrogens is 372 g/mol. The molecule has 1 aromatic carbocycles. The highest BCUT2D eigenvalue weighted by molar-refractivity contribution is 7.89. The Morgan fingerprint density at radius 2 is 1.88 bits per heavy atom. The number of aryl methyl sites for hydroxylation is 1. The summed E-state index contributed by atoms with van der Waals surface area (Å²) in [6.07, 6.45) is 2.95. The summed E-state index contributed by atoms with van der Waals surface area (Å²) in [4.78, 5) is 12.5. The molecule has 142 valence electrons. The van der Waals surface area contributed by atoms with Crippen molar-refractivity contribution in [1.82, 2.24) is 14.5 Å². The van der Waals surface area contributed by atoms with Gasteiger partial charge in [-0.2, -0.15) is 4.31 Å². The maximum Gasteiger partial charge on any atom is 0.257 e. The summed E-state index contributed by atoms with van der Waals surface area (Å²) in [5, 5.41) is 12.1. The molecule has 0 aliphatic carbocycles. The van der Waals surface area contributed by atoms with Crippen LogP contribution in [0.25, 0.3) is 0 Å². The van der Waals surface area contributed by atoms with E-state index in [-0.39, 0.29) is 16.8 Å². The van der Waals surface area contributed by atoms with Crippen molar-refractivity contribution in [2.24, 2.45) is 0 Å². The minimum atomic E-state index is -3.56. The van der Waals surface area contributed by atoms with Crippen LogP contribution in [0.3, 0.4) is 0 Å². The molecule has 0 aliphatic rings. The molecule has 9 heteroatoms. The van der Waals surface area contributed by atoms with Crippen molar-refractivity contribution in [2.75, 3.05) is 12.4 Å². The van der Waals surface area contributed by atoms with E-state index >= 15 is 0 Å². The van der Waals surface area contributed by atoms with Crippen LogP contribution in [-0.4, -0.2) is 41.9 Å². The summed E-state index contributed by atoms with van der Waals surface area (Å²) in [7, 11) is -2.03. The molecule has 0 bridgehead atoms. The van der Waals surface area contributed by atoms with Crippen molar-refractivity contribution in [3.8, 4) is 0 Å². The number of sulfonamides is 1. The summed E-state index contributed by atoms with van der Waals surface area (Å²) in [5.41, 5.74) is 0.362. The van der Waals surface area contributed by atoms with Gasteiger partial charge in [0, 0.05) is 25.1 Å². The van der Waals surface area contributed by atoms with Crippen molar-refractivity contribution in [3.63, 3.8) is 0 Å². The van der Waals surface area contributed by atoms with Gasteiger partial charge in [-0.25, -0.2) is 8.42 Å². The second kappa shape index (κ2) is 8.70. The van der Waals surface area contributed by atoms with E-state index in [0.29, 0.717) is 10.7 Å². The first-order valence-electron chi connectivity index (χ1n) is 8.47. The van der Waals surface area contributed by atoms with Crippen LogP contribution in [0.5, 0.6) is 0 Å². The van der Waals surface area contributed by atoms with Gasteiger partial charge < -0.3 is 0 Å². The largest absolute Gasteiger partial charge is 0.296 e. The number of rotatable bonds is 8. The lowest BCUT2D eigenvalue weighted by molar-refractivity contribution is 0.102. The normalized spacial score (nSPS) is 11.9. The van der Waals surface area contributed by atoms with E-state index in [1.807, 2.05) is 0 Å². The Labute approximate surface area is 158 Å². The predicted molar refractivity (Wildman–Crippen MR) is 103 cm³/mol. The number of carbonyl (C=O) groups excluding carboxylic acids is 1. The molecule has 1 aromatic heterocycles. The smallest absolute Gasteiger partial charge is 0.257 e. The molecule has 2 rings (SSSR count). The monoisotopic (exact) mass is 396 g/mol. The van der Waals surface area contributed by atoms with Crippen LogP contribution >= 0.6 is 11.3 Å². The number of nitrogens with zero attached hydrogens (tertiary/aromatic N) is 3. The zero-order valence-electron chi connectivity index (χ0n) is 15.4. The highest BCUT2D eigenvalue weighted by atomic mass is 32.2. The third kappa shape index (κ3) is 4.87. The molecule has 26 heavy (non-hydrogen) atoms. The number of aromatic nitrogens is 2. The minimum Gasteiger partial charge on any atom is -0.296 e. The van der Waals surface area contributed by atoms with Gasteiger partial charge in [0.05, 0.1) is 4.90 Å². The van der Waals surface area contributed by atoms with E-state index in [0.717, 1.165) is 24.3 Å². The van der Waals surface area contributed by atoms with Gasteiger partial charge in [-0.1, -0.05) is 24.7 Å². The van der Waals surface area contributed by atoms with Crippen LogP contribution in [0.1, 0.15) is 49.0 Å². The second-order valence-corrected chi connectivity index (χ2v) is 9.26. The molecular formula is C17H24N4O3S2. The van der Waals surface area contributed by atoms with Gasteiger partial charge in [0.15, 0.2) is 0 Å². The molecule has 0 spiro atoms. The van der Waals surface area contributed by atoms with Crippen molar-refractivity contribution < 1.29 is 13.2 Å². The van der Waals surface area contributed by atoms with E-state index in [1.165, 1.54) is 47.0 Å². The van der Waals surface area contributed by atoms with Crippen LogP contribution in [-0.2, 0) is 16.4 Å². The lowest BCUT2D eigenvalue weighted by Gasteiger charge is -2.20. The van der Waals surface area contributed by atoms with Crippen molar-refractivity contribution >= 4 is 32.4 Å². The molecule has 0 saturated carbocycles. The van der Waals surface area contributed by atoms with Crippen LogP contribution in [0.15, 0.2) is 29.2 Å². The molecule has 2 aromatic rings. The first-order valence-corrected chi connectivity index (χ1v) is 10.7. The summed E-state index contributed by atoms with van der Waals surface area (Å²) in [5.74, 6) is -0.343. The first kappa shape index (κ1) is 20.5. The molecule has 0 saturated heterocycles. The Bertz CT molecular complexity index is 845.